The monoisotopic (exact) mass is 484 g/mol. The Morgan fingerprint density at radius 3 is 2.80 bits per heavy atom. The molecule has 0 radical (unpaired) electrons. The lowest BCUT2D eigenvalue weighted by Crippen LogP contribution is -2.49. The molecule has 0 aromatic heterocycles. The second kappa shape index (κ2) is 8.84. The van der Waals surface area contributed by atoms with Gasteiger partial charge in [0.1, 0.15) is 6.10 Å². The second-order valence-electron chi connectivity index (χ2n) is 13.8. The molecule has 35 heavy (non-hydrogen) atoms. The molecule has 2 saturated heterocycles. The van der Waals surface area contributed by atoms with Crippen LogP contribution >= 0.6 is 0 Å². The van der Waals surface area contributed by atoms with Gasteiger partial charge in [0.25, 0.3) is 0 Å². The van der Waals surface area contributed by atoms with Crippen molar-refractivity contribution in [3.05, 3.63) is 11.1 Å². The summed E-state index contributed by atoms with van der Waals surface area (Å²) < 4.78 is 12.7. The lowest BCUT2D eigenvalue weighted by molar-refractivity contribution is -0.155. The fraction of sp³-hybridized carbons (Fsp3) is 0.900. The molecule has 3 N–H and O–H groups in total. The van der Waals surface area contributed by atoms with Crippen LogP contribution in [-0.2, 0) is 14.3 Å². The Labute approximate surface area is 212 Å². The van der Waals surface area contributed by atoms with Crippen molar-refractivity contribution in [3.8, 4) is 0 Å². The van der Waals surface area contributed by atoms with E-state index in [0.717, 1.165) is 43.6 Å². The lowest BCUT2D eigenvalue weighted by Gasteiger charge is -2.54. The topological polar surface area (TPSA) is 73.6 Å². The zero-order valence-electron chi connectivity index (χ0n) is 22.5. The van der Waals surface area contributed by atoms with Gasteiger partial charge in [-0.25, -0.2) is 0 Å². The fourth-order valence-corrected chi connectivity index (χ4v) is 10.1. The largest absolute Gasteiger partial charge is 0.461 e. The highest BCUT2D eigenvalue weighted by atomic mass is 16.5. The summed E-state index contributed by atoms with van der Waals surface area (Å²) in [4.78, 5) is 11.8. The van der Waals surface area contributed by atoms with Crippen molar-refractivity contribution in [2.75, 3.05) is 13.1 Å². The molecular formula is C30H48N2O3. The van der Waals surface area contributed by atoms with E-state index < -0.39 is 0 Å². The minimum absolute atomic E-state index is 0.00134. The molecule has 6 aliphatic rings. The number of allylic oxidation sites excluding steroid dienone is 1. The Hall–Kier alpha value is -0.910. The minimum Gasteiger partial charge on any atom is -0.461 e. The van der Waals surface area contributed by atoms with Crippen LogP contribution in [0, 0.1) is 40.9 Å². The zero-order chi connectivity index (χ0) is 24.5. The molecule has 196 valence electrons. The highest BCUT2D eigenvalue weighted by molar-refractivity contribution is 5.71. The maximum Gasteiger partial charge on any atom is 0.319 e. The number of carbonyl (C=O) groups is 1. The van der Waals surface area contributed by atoms with Crippen LogP contribution in [-0.4, -0.2) is 42.9 Å². The third kappa shape index (κ3) is 3.85. The number of carbonyl (C=O) groups excluding carboxylic acids is 1. The Kier molecular flexibility index (Phi) is 6.17. The highest BCUT2D eigenvalue weighted by Crippen LogP contribution is 2.65. The number of ether oxygens (including phenoxy) is 2. The number of nitrogens with one attached hydrogen (secondary N) is 1. The number of hydrogen-bond acceptors (Lipinski definition) is 5. The van der Waals surface area contributed by atoms with E-state index in [9.17, 15) is 4.79 Å². The summed E-state index contributed by atoms with van der Waals surface area (Å²) in [5, 5.41) is 3.86. The van der Waals surface area contributed by atoms with E-state index in [1.807, 2.05) is 5.57 Å². The predicted octanol–water partition coefficient (Wildman–Crippen LogP) is 4.98. The van der Waals surface area contributed by atoms with Gasteiger partial charge in [-0.15, -0.1) is 0 Å². The van der Waals surface area contributed by atoms with Crippen molar-refractivity contribution in [1.29, 1.82) is 0 Å². The van der Waals surface area contributed by atoms with Gasteiger partial charge in [0, 0.05) is 12.0 Å². The van der Waals surface area contributed by atoms with Gasteiger partial charge in [-0.3, -0.25) is 4.79 Å². The molecule has 0 amide bonds. The maximum atomic E-state index is 11.8. The molecule has 5 nitrogen and oxygen atoms in total. The number of hydrogen-bond donors (Lipinski definition) is 2. The molecule has 11 atom stereocenters. The van der Waals surface area contributed by atoms with E-state index in [4.69, 9.17) is 15.2 Å². The number of piperidine rings is 1. The summed E-state index contributed by atoms with van der Waals surface area (Å²) in [5.41, 5.74) is 9.40. The Balaban J connectivity index is 1.21. The van der Waals surface area contributed by atoms with E-state index >= 15 is 0 Å². The molecule has 2 heterocycles. The van der Waals surface area contributed by atoms with Crippen LogP contribution in [0.15, 0.2) is 11.1 Å². The third-order valence-electron chi connectivity index (χ3n) is 12.0. The number of esters is 1. The average Bonchev–Trinajstić information content (AvgIpc) is 3.29. The highest BCUT2D eigenvalue weighted by Gasteiger charge is 2.59. The van der Waals surface area contributed by atoms with Gasteiger partial charge in [-0.1, -0.05) is 31.9 Å². The van der Waals surface area contributed by atoms with Crippen LogP contribution < -0.4 is 11.1 Å². The van der Waals surface area contributed by atoms with E-state index in [0.29, 0.717) is 35.3 Å². The first-order valence-electron chi connectivity index (χ1n) is 14.7. The Morgan fingerprint density at radius 1 is 1.17 bits per heavy atom. The molecule has 1 unspecified atom stereocenters. The summed E-state index contributed by atoms with van der Waals surface area (Å²) in [6.45, 7) is 11.0. The van der Waals surface area contributed by atoms with Crippen LogP contribution in [0.3, 0.4) is 0 Å². The molecule has 6 rings (SSSR count). The van der Waals surface area contributed by atoms with Crippen molar-refractivity contribution in [3.63, 3.8) is 0 Å². The number of nitrogens with two attached hydrogens (primary N) is 1. The first kappa shape index (κ1) is 24.4. The molecular weight excluding hydrogens is 436 g/mol. The number of fused-ring (bicyclic) bond motifs is 6. The van der Waals surface area contributed by atoms with Crippen LogP contribution in [0.5, 0.6) is 0 Å². The SMILES string of the molecule is CC1=C2C[C@H]3[C@@H](CC[C@@H]4C[C@@H](OC(=O)CN)CC[C@@]43C)[C@@H]2CCC2(C1)O[C@@H]1C[C@H](C)CN[C@H]1[C@H]2C. The van der Waals surface area contributed by atoms with E-state index in [1.165, 1.54) is 44.9 Å². The van der Waals surface area contributed by atoms with E-state index in [1.54, 1.807) is 5.57 Å². The van der Waals surface area contributed by atoms with Crippen molar-refractivity contribution in [1.82, 2.24) is 5.32 Å². The predicted molar refractivity (Wildman–Crippen MR) is 138 cm³/mol. The summed E-state index contributed by atoms with van der Waals surface area (Å²) in [6, 6.07) is 0.535. The first-order chi connectivity index (χ1) is 16.7. The second-order valence-corrected chi connectivity index (χ2v) is 13.8. The van der Waals surface area contributed by atoms with Crippen LogP contribution in [0.2, 0.25) is 0 Å². The summed E-state index contributed by atoms with van der Waals surface area (Å²) in [7, 11) is 0. The van der Waals surface area contributed by atoms with Crippen molar-refractivity contribution >= 4 is 5.97 Å². The van der Waals surface area contributed by atoms with Gasteiger partial charge in [0.15, 0.2) is 0 Å². The van der Waals surface area contributed by atoms with Gasteiger partial charge < -0.3 is 20.5 Å². The molecule has 5 heteroatoms. The molecule has 0 aromatic rings. The van der Waals surface area contributed by atoms with E-state index in [-0.39, 0.29) is 24.2 Å². The summed E-state index contributed by atoms with van der Waals surface area (Å²) in [5.74, 6) is 4.13. The van der Waals surface area contributed by atoms with Crippen molar-refractivity contribution in [2.24, 2.45) is 46.7 Å². The van der Waals surface area contributed by atoms with Crippen molar-refractivity contribution < 1.29 is 14.3 Å². The maximum absolute atomic E-state index is 11.8. The average molecular weight is 485 g/mol. The van der Waals surface area contributed by atoms with Crippen LogP contribution in [0.4, 0.5) is 0 Å². The summed E-state index contributed by atoms with van der Waals surface area (Å²) in [6.07, 6.45) is 12.5. The number of rotatable bonds is 2. The molecule has 2 aliphatic heterocycles. The molecule has 0 aromatic carbocycles. The quantitative estimate of drug-likeness (QED) is 0.427. The minimum atomic E-state index is -0.238. The third-order valence-corrected chi connectivity index (χ3v) is 12.0. The molecule has 0 bridgehead atoms. The van der Waals surface area contributed by atoms with Gasteiger partial charge in [0.05, 0.1) is 18.2 Å². The van der Waals surface area contributed by atoms with Crippen molar-refractivity contribution in [2.45, 2.75) is 116 Å². The lowest BCUT2D eigenvalue weighted by atomic mass is 9.52. The first-order valence-corrected chi connectivity index (χ1v) is 14.7. The fourth-order valence-electron chi connectivity index (χ4n) is 10.1. The van der Waals surface area contributed by atoms with Gasteiger partial charge >= 0.3 is 5.97 Å². The molecule has 1 spiro atoms. The van der Waals surface area contributed by atoms with Crippen LogP contribution in [0.1, 0.15) is 91.9 Å². The Morgan fingerprint density at radius 2 is 2.00 bits per heavy atom. The zero-order valence-corrected chi connectivity index (χ0v) is 22.5. The van der Waals surface area contributed by atoms with Gasteiger partial charge in [0.2, 0.25) is 0 Å². The standard InChI is InChI=1S/C30H48N2O3/c1-17-11-26-28(32-16-17)19(3)30(35-26)10-8-22-23-6-5-20-12-21(34-27(33)15-31)7-9-29(20,4)25(23)13-24(22)18(2)14-30/h17,19-23,25-26,28,32H,5-16,31H2,1-4H3/t17-,19+,20+,21-,22-,23-,25-,26+,28-,29-,30?/m0/s1. The van der Waals surface area contributed by atoms with Gasteiger partial charge in [-0.2, -0.15) is 0 Å². The Bertz CT molecular complexity index is 887. The molecule has 4 aliphatic carbocycles. The molecule has 5 fully saturated rings. The normalized spacial score (nSPS) is 51.3. The molecule has 3 saturated carbocycles. The van der Waals surface area contributed by atoms with Crippen LogP contribution in [0.25, 0.3) is 0 Å². The van der Waals surface area contributed by atoms with E-state index in [2.05, 4.69) is 33.0 Å². The van der Waals surface area contributed by atoms with Gasteiger partial charge in [-0.05, 0) is 113 Å². The smallest absolute Gasteiger partial charge is 0.319 e. The summed E-state index contributed by atoms with van der Waals surface area (Å²) >= 11 is 0.